The molecule has 1 aromatic heterocycles. The average molecular weight is 315 g/mol. The van der Waals surface area contributed by atoms with E-state index in [1.165, 1.54) is 17.8 Å². The van der Waals surface area contributed by atoms with Crippen molar-refractivity contribution in [3.8, 4) is 0 Å². The fourth-order valence-electron chi connectivity index (χ4n) is 1.70. The van der Waals surface area contributed by atoms with Gasteiger partial charge in [-0.15, -0.1) is 0 Å². The molecule has 22 heavy (non-hydrogen) atoms. The molecule has 0 aliphatic heterocycles. The lowest BCUT2D eigenvalue weighted by atomic mass is 10.2. The molecule has 0 saturated carbocycles. The molecule has 0 atom stereocenters. The van der Waals surface area contributed by atoms with Gasteiger partial charge in [0.15, 0.2) is 5.16 Å². The first kappa shape index (κ1) is 16.0. The third-order valence-electron chi connectivity index (χ3n) is 2.70. The van der Waals surface area contributed by atoms with E-state index < -0.39 is 0 Å². The molecular weight excluding hydrogens is 298 g/mol. The minimum atomic E-state index is -0.387. The first-order chi connectivity index (χ1) is 10.7. The molecule has 2 rings (SSSR count). The van der Waals surface area contributed by atoms with Crippen LogP contribution in [0.4, 0.5) is 11.5 Å². The van der Waals surface area contributed by atoms with Crippen molar-refractivity contribution in [2.45, 2.75) is 12.1 Å². The van der Waals surface area contributed by atoms with Gasteiger partial charge in [0.2, 0.25) is 0 Å². The van der Waals surface area contributed by atoms with Crippen LogP contribution in [-0.4, -0.2) is 28.8 Å². The van der Waals surface area contributed by atoms with E-state index in [1.807, 2.05) is 36.6 Å². The Kier molecular flexibility index (Phi) is 5.97. The normalized spacial score (nSPS) is 10.6. The van der Waals surface area contributed by atoms with Gasteiger partial charge in [-0.2, -0.15) is 0 Å². The predicted molar refractivity (Wildman–Crippen MR) is 89.2 cm³/mol. The number of nitrogens with zero attached hydrogens (tertiary/aromatic N) is 2. The van der Waals surface area contributed by atoms with E-state index in [0.29, 0.717) is 17.6 Å². The van der Waals surface area contributed by atoms with Crippen LogP contribution in [0.5, 0.6) is 0 Å². The highest BCUT2D eigenvalue weighted by Gasteiger charge is 2.06. The van der Waals surface area contributed by atoms with Gasteiger partial charge < -0.3 is 10.1 Å². The number of esters is 1. The number of anilines is 2. The van der Waals surface area contributed by atoms with Gasteiger partial charge in [-0.3, -0.25) is 0 Å². The minimum Gasteiger partial charge on any atom is -0.463 e. The van der Waals surface area contributed by atoms with Crippen LogP contribution in [-0.2, 0) is 9.53 Å². The topological polar surface area (TPSA) is 64.1 Å². The number of carbonyl (C=O) groups is 1. The summed E-state index contributed by atoms with van der Waals surface area (Å²) in [4.78, 5) is 20.1. The first-order valence-electron chi connectivity index (χ1n) is 6.81. The average Bonchev–Trinajstić information content (AvgIpc) is 2.55. The van der Waals surface area contributed by atoms with Crippen molar-refractivity contribution in [2.75, 3.05) is 18.2 Å². The van der Waals surface area contributed by atoms with E-state index in [4.69, 9.17) is 4.74 Å². The molecule has 114 valence electrons. The van der Waals surface area contributed by atoms with Gasteiger partial charge in [-0.25, -0.2) is 14.8 Å². The number of ether oxygens (including phenoxy) is 1. The smallest absolute Gasteiger partial charge is 0.330 e. The van der Waals surface area contributed by atoms with Crippen molar-refractivity contribution < 1.29 is 9.53 Å². The molecule has 0 aliphatic carbocycles. The Morgan fingerprint density at radius 3 is 2.82 bits per heavy atom. The summed E-state index contributed by atoms with van der Waals surface area (Å²) in [6.07, 6.45) is 6.61. The Hall–Kier alpha value is -2.34. The zero-order chi connectivity index (χ0) is 15.8. The van der Waals surface area contributed by atoms with Crippen LogP contribution < -0.4 is 5.32 Å². The molecule has 0 aliphatic rings. The number of aromatic nitrogens is 2. The molecule has 0 saturated heterocycles. The second-order valence-corrected chi connectivity index (χ2v) is 5.01. The number of nitrogens with one attached hydrogen (secondary N) is 1. The van der Waals surface area contributed by atoms with Crippen molar-refractivity contribution >= 4 is 35.3 Å². The summed E-state index contributed by atoms with van der Waals surface area (Å²) in [6, 6.07) is 9.71. The maximum absolute atomic E-state index is 11.4. The number of hydrogen-bond donors (Lipinski definition) is 1. The first-order valence-corrected chi connectivity index (χ1v) is 8.03. The summed E-state index contributed by atoms with van der Waals surface area (Å²) in [5.74, 6) is 0.258. The van der Waals surface area contributed by atoms with Crippen molar-refractivity contribution in [1.82, 2.24) is 9.97 Å². The fraction of sp³-hybridized carbons (Fsp3) is 0.188. The minimum absolute atomic E-state index is 0.347. The summed E-state index contributed by atoms with van der Waals surface area (Å²) in [7, 11) is 0. The van der Waals surface area contributed by atoms with E-state index in [1.54, 1.807) is 19.2 Å². The summed E-state index contributed by atoms with van der Waals surface area (Å²) < 4.78 is 4.88. The van der Waals surface area contributed by atoms with Gasteiger partial charge in [-0.1, -0.05) is 30.0 Å². The van der Waals surface area contributed by atoms with E-state index in [2.05, 4.69) is 15.3 Å². The summed E-state index contributed by atoms with van der Waals surface area (Å²) >= 11 is 1.46. The number of benzene rings is 1. The molecule has 6 heteroatoms. The Bertz CT molecular complexity index is 660. The van der Waals surface area contributed by atoms with Gasteiger partial charge in [0, 0.05) is 23.5 Å². The van der Waals surface area contributed by atoms with Crippen molar-refractivity contribution in [3.05, 3.63) is 48.2 Å². The molecule has 0 bridgehead atoms. The Balaban J connectivity index is 2.27. The zero-order valence-electron chi connectivity index (χ0n) is 12.4. The third-order valence-corrected chi connectivity index (χ3v) is 3.26. The molecule has 1 heterocycles. The number of para-hydroxylation sites is 1. The van der Waals surface area contributed by atoms with Crippen LogP contribution in [0.25, 0.3) is 6.08 Å². The Morgan fingerprint density at radius 1 is 1.36 bits per heavy atom. The van der Waals surface area contributed by atoms with E-state index in [-0.39, 0.29) is 5.97 Å². The quantitative estimate of drug-likeness (QED) is 0.381. The van der Waals surface area contributed by atoms with Gasteiger partial charge in [0.25, 0.3) is 0 Å². The standard InChI is InChI=1S/C16H17N3O2S/c1-3-21-14(20)10-9-12-11-17-16(22-2)19-15(12)18-13-7-5-4-6-8-13/h4-11H,3H2,1-2H3,(H,17,18,19)/b10-9+. The number of hydrogen-bond acceptors (Lipinski definition) is 6. The summed E-state index contributed by atoms with van der Waals surface area (Å²) in [6.45, 7) is 2.12. The molecule has 5 nitrogen and oxygen atoms in total. The molecule has 0 unspecified atom stereocenters. The van der Waals surface area contributed by atoms with Gasteiger partial charge in [0.05, 0.1) is 6.61 Å². The van der Waals surface area contributed by atoms with Crippen molar-refractivity contribution in [3.63, 3.8) is 0 Å². The summed E-state index contributed by atoms with van der Waals surface area (Å²) in [5, 5.41) is 3.89. The maximum Gasteiger partial charge on any atom is 0.330 e. The number of thioether (sulfide) groups is 1. The highest BCUT2D eigenvalue weighted by molar-refractivity contribution is 7.98. The fourth-order valence-corrected chi connectivity index (χ4v) is 2.04. The predicted octanol–water partition coefficient (Wildman–Crippen LogP) is 3.52. The van der Waals surface area contributed by atoms with Crippen LogP contribution in [0.15, 0.2) is 47.8 Å². The van der Waals surface area contributed by atoms with Gasteiger partial charge in [0.1, 0.15) is 5.82 Å². The molecule has 1 N–H and O–H groups in total. The molecule has 0 fully saturated rings. The summed E-state index contributed by atoms with van der Waals surface area (Å²) in [5.41, 5.74) is 1.63. The van der Waals surface area contributed by atoms with Crippen LogP contribution in [0.3, 0.4) is 0 Å². The molecule has 1 aromatic carbocycles. The van der Waals surface area contributed by atoms with E-state index in [9.17, 15) is 4.79 Å². The Morgan fingerprint density at radius 2 is 2.14 bits per heavy atom. The lowest BCUT2D eigenvalue weighted by Crippen LogP contribution is -2.01. The van der Waals surface area contributed by atoms with Crippen LogP contribution in [0, 0.1) is 0 Å². The maximum atomic E-state index is 11.4. The van der Waals surface area contributed by atoms with Crippen LogP contribution in [0.2, 0.25) is 0 Å². The van der Waals surface area contributed by atoms with Gasteiger partial charge in [-0.05, 0) is 31.4 Å². The highest BCUT2D eigenvalue weighted by Crippen LogP contribution is 2.22. The van der Waals surface area contributed by atoms with Crippen molar-refractivity contribution in [1.29, 1.82) is 0 Å². The largest absolute Gasteiger partial charge is 0.463 e. The highest BCUT2D eigenvalue weighted by atomic mass is 32.2. The number of carbonyl (C=O) groups excluding carboxylic acids is 1. The lowest BCUT2D eigenvalue weighted by Gasteiger charge is -2.09. The molecule has 0 radical (unpaired) electrons. The van der Waals surface area contributed by atoms with E-state index >= 15 is 0 Å². The second-order valence-electron chi connectivity index (χ2n) is 4.24. The number of rotatable bonds is 6. The zero-order valence-corrected chi connectivity index (χ0v) is 13.3. The second kappa shape index (κ2) is 8.19. The van der Waals surface area contributed by atoms with E-state index in [0.717, 1.165) is 11.3 Å². The molecular formula is C16H17N3O2S. The lowest BCUT2D eigenvalue weighted by molar-refractivity contribution is -0.137. The Labute approximate surface area is 133 Å². The monoisotopic (exact) mass is 315 g/mol. The molecule has 0 amide bonds. The molecule has 0 spiro atoms. The molecule has 2 aromatic rings. The van der Waals surface area contributed by atoms with Crippen molar-refractivity contribution in [2.24, 2.45) is 0 Å². The van der Waals surface area contributed by atoms with Gasteiger partial charge >= 0.3 is 5.97 Å². The van der Waals surface area contributed by atoms with Crippen LogP contribution >= 0.6 is 11.8 Å². The SMILES string of the molecule is CCOC(=O)/C=C/c1cnc(SC)nc1Nc1ccccc1. The van der Waals surface area contributed by atoms with Crippen LogP contribution in [0.1, 0.15) is 12.5 Å². The third kappa shape index (κ3) is 4.60.